The standard InChI is InChI=1S/C19H27FN2O5S/c1-13(21-28(25,26)17-11-9-15(20)10-12-17)19(24)27-14(2)18(23)22(3)16-7-5-4-6-8-16/h9-14,16,21H,4-8H2,1-3H3/t13-,14+/m1/s1. The van der Waals surface area contributed by atoms with E-state index in [2.05, 4.69) is 4.72 Å². The summed E-state index contributed by atoms with van der Waals surface area (Å²) in [5.74, 6) is -1.74. The van der Waals surface area contributed by atoms with Crippen molar-refractivity contribution in [3.8, 4) is 0 Å². The van der Waals surface area contributed by atoms with E-state index in [0.717, 1.165) is 56.4 Å². The number of likely N-dealkylation sites (N-methyl/N-ethyl adjacent to an activating group) is 1. The number of nitrogens with zero attached hydrogens (tertiary/aromatic N) is 1. The lowest BCUT2D eigenvalue weighted by molar-refractivity contribution is -0.160. The van der Waals surface area contributed by atoms with Crippen molar-refractivity contribution < 1.29 is 27.1 Å². The molecule has 0 aliphatic heterocycles. The number of carbonyl (C=O) groups is 2. The van der Waals surface area contributed by atoms with E-state index in [1.165, 1.54) is 13.8 Å². The van der Waals surface area contributed by atoms with Gasteiger partial charge in [-0.05, 0) is 51.0 Å². The number of esters is 1. The van der Waals surface area contributed by atoms with Crippen LogP contribution in [0.1, 0.15) is 46.0 Å². The van der Waals surface area contributed by atoms with Crippen LogP contribution in [0.4, 0.5) is 4.39 Å². The predicted molar refractivity (Wildman–Crippen MR) is 101 cm³/mol. The summed E-state index contributed by atoms with van der Waals surface area (Å²) in [4.78, 5) is 26.2. The molecule has 0 unspecified atom stereocenters. The SMILES string of the molecule is C[C@H](OC(=O)[C@@H](C)NS(=O)(=O)c1ccc(F)cc1)C(=O)N(C)C1CCCCC1. The van der Waals surface area contributed by atoms with Crippen LogP contribution in [0.25, 0.3) is 0 Å². The molecule has 1 fully saturated rings. The quantitative estimate of drug-likeness (QED) is 0.691. The Morgan fingerprint density at radius 1 is 1.14 bits per heavy atom. The lowest BCUT2D eigenvalue weighted by Gasteiger charge is -2.32. The average molecular weight is 414 g/mol. The normalized spacial score (nSPS) is 17.6. The first kappa shape index (κ1) is 22.3. The van der Waals surface area contributed by atoms with Crippen LogP contribution in [-0.2, 0) is 24.3 Å². The minimum atomic E-state index is -4.02. The molecule has 1 amide bonds. The number of rotatable bonds is 7. The molecular weight excluding hydrogens is 387 g/mol. The summed E-state index contributed by atoms with van der Waals surface area (Å²) in [5, 5.41) is 0. The second-order valence-corrected chi connectivity index (χ2v) is 8.83. The molecule has 0 saturated heterocycles. The topological polar surface area (TPSA) is 92.8 Å². The van der Waals surface area contributed by atoms with Crippen LogP contribution >= 0.6 is 0 Å². The highest BCUT2D eigenvalue weighted by atomic mass is 32.2. The summed E-state index contributed by atoms with van der Waals surface area (Å²) < 4.78 is 44.9. The van der Waals surface area contributed by atoms with Gasteiger partial charge in [-0.3, -0.25) is 9.59 Å². The molecular formula is C19H27FN2O5S. The van der Waals surface area contributed by atoms with Crippen molar-refractivity contribution in [1.29, 1.82) is 0 Å². The molecule has 0 heterocycles. The van der Waals surface area contributed by atoms with Gasteiger partial charge in [0.25, 0.3) is 5.91 Å². The van der Waals surface area contributed by atoms with Gasteiger partial charge >= 0.3 is 5.97 Å². The number of amides is 1. The minimum absolute atomic E-state index is 0.136. The zero-order chi connectivity index (χ0) is 20.9. The summed E-state index contributed by atoms with van der Waals surface area (Å²) >= 11 is 0. The average Bonchev–Trinajstić information content (AvgIpc) is 2.67. The van der Waals surface area contributed by atoms with E-state index in [0.29, 0.717) is 0 Å². The van der Waals surface area contributed by atoms with E-state index < -0.39 is 34.0 Å². The first-order valence-corrected chi connectivity index (χ1v) is 10.8. The van der Waals surface area contributed by atoms with Crippen molar-refractivity contribution in [2.24, 2.45) is 0 Å². The van der Waals surface area contributed by atoms with E-state index >= 15 is 0 Å². The van der Waals surface area contributed by atoms with Gasteiger partial charge in [-0.25, -0.2) is 12.8 Å². The molecule has 2 atom stereocenters. The predicted octanol–water partition coefficient (Wildman–Crippen LogP) is 2.22. The number of benzene rings is 1. The first-order chi connectivity index (χ1) is 13.1. The first-order valence-electron chi connectivity index (χ1n) is 9.37. The molecule has 1 aromatic rings. The molecule has 1 aromatic carbocycles. The lowest BCUT2D eigenvalue weighted by Crippen LogP contribution is -2.46. The van der Waals surface area contributed by atoms with Crippen molar-refractivity contribution in [2.75, 3.05) is 7.05 Å². The molecule has 0 radical (unpaired) electrons. The molecule has 28 heavy (non-hydrogen) atoms. The van der Waals surface area contributed by atoms with Gasteiger partial charge in [-0.2, -0.15) is 4.72 Å². The van der Waals surface area contributed by atoms with Crippen LogP contribution in [0.5, 0.6) is 0 Å². The molecule has 1 saturated carbocycles. The Labute approximate surface area is 165 Å². The van der Waals surface area contributed by atoms with Gasteiger partial charge in [0.1, 0.15) is 11.9 Å². The molecule has 0 bridgehead atoms. The summed E-state index contributed by atoms with van der Waals surface area (Å²) in [5.41, 5.74) is 0. The Hall–Kier alpha value is -2.00. The Morgan fingerprint density at radius 2 is 1.71 bits per heavy atom. The number of sulfonamides is 1. The summed E-state index contributed by atoms with van der Waals surface area (Å²) in [6.45, 7) is 2.80. The van der Waals surface area contributed by atoms with Crippen molar-refractivity contribution >= 4 is 21.9 Å². The zero-order valence-corrected chi connectivity index (χ0v) is 17.2. The fourth-order valence-corrected chi connectivity index (χ4v) is 4.42. The van der Waals surface area contributed by atoms with Gasteiger partial charge in [-0.1, -0.05) is 19.3 Å². The van der Waals surface area contributed by atoms with Gasteiger partial charge in [-0.15, -0.1) is 0 Å². The third kappa shape index (κ3) is 5.75. The second-order valence-electron chi connectivity index (χ2n) is 7.12. The minimum Gasteiger partial charge on any atom is -0.451 e. The van der Waals surface area contributed by atoms with E-state index in [4.69, 9.17) is 4.74 Å². The van der Waals surface area contributed by atoms with Crippen molar-refractivity contribution in [2.45, 2.75) is 69.0 Å². The fourth-order valence-electron chi connectivity index (χ4n) is 3.22. The van der Waals surface area contributed by atoms with E-state index in [-0.39, 0.29) is 16.8 Å². The third-order valence-corrected chi connectivity index (χ3v) is 6.48. The Bertz CT molecular complexity index is 791. The monoisotopic (exact) mass is 414 g/mol. The molecule has 7 nitrogen and oxygen atoms in total. The van der Waals surface area contributed by atoms with Gasteiger partial charge in [0.05, 0.1) is 4.90 Å². The maximum absolute atomic E-state index is 13.0. The van der Waals surface area contributed by atoms with Crippen LogP contribution in [0, 0.1) is 5.82 Å². The van der Waals surface area contributed by atoms with Gasteiger partial charge < -0.3 is 9.64 Å². The Balaban J connectivity index is 1.93. The van der Waals surface area contributed by atoms with Gasteiger partial charge in [0.2, 0.25) is 10.0 Å². The van der Waals surface area contributed by atoms with E-state index in [1.54, 1.807) is 11.9 Å². The highest BCUT2D eigenvalue weighted by Gasteiger charge is 2.30. The van der Waals surface area contributed by atoms with Crippen molar-refractivity contribution in [3.05, 3.63) is 30.1 Å². The Kier molecular flexibility index (Phi) is 7.54. The van der Waals surface area contributed by atoms with E-state index in [1.807, 2.05) is 0 Å². The van der Waals surface area contributed by atoms with Crippen LogP contribution in [0.2, 0.25) is 0 Å². The molecule has 1 aliphatic carbocycles. The number of hydrogen-bond donors (Lipinski definition) is 1. The maximum atomic E-state index is 13.0. The summed E-state index contributed by atoms with van der Waals surface area (Å²) in [6, 6.07) is 3.16. The van der Waals surface area contributed by atoms with Crippen LogP contribution < -0.4 is 4.72 Å². The lowest BCUT2D eigenvalue weighted by atomic mass is 9.94. The smallest absolute Gasteiger partial charge is 0.324 e. The number of hydrogen-bond acceptors (Lipinski definition) is 5. The number of halogens is 1. The molecule has 9 heteroatoms. The van der Waals surface area contributed by atoms with Crippen molar-refractivity contribution in [3.63, 3.8) is 0 Å². The fraction of sp³-hybridized carbons (Fsp3) is 0.579. The zero-order valence-electron chi connectivity index (χ0n) is 16.4. The number of carbonyl (C=O) groups excluding carboxylic acids is 2. The molecule has 156 valence electrons. The molecule has 0 spiro atoms. The molecule has 2 rings (SSSR count). The van der Waals surface area contributed by atoms with Crippen LogP contribution in [0.15, 0.2) is 29.2 Å². The number of nitrogens with one attached hydrogen (secondary N) is 1. The highest BCUT2D eigenvalue weighted by molar-refractivity contribution is 7.89. The summed E-state index contributed by atoms with van der Waals surface area (Å²) in [6.07, 6.45) is 4.14. The van der Waals surface area contributed by atoms with Gasteiger partial charge in [0, 0.05) is 13.1 Å². The second kappa shape index (κ2) is 9.47. The van der Waals surface area contributed by atoms with Crippen LogP contribution in [0.3, 0.4) is 0 Å². The molecule has 1 N–H and O–H groups in total. The third-order valence-electron chi connectivity index (χ3n) is 4.92. The molecule has 1 aliphatic rings. The largest absolute Gasteiger partial charge is 0.451 e. The van der Waals surface area contributed by atoms with Gasteiger partial charge in [0.15, 0.2) is 6.10 Å². The molecule has 0 aromatic heterocycles. The maximum Gasteiger partial charge on any atom is 0.324 e. The van der Waals surface area contributed by atoms with Crippen molar-refractivity contribution in [1.82, 2.24) is 9.62 Å². The van der Waals surface area contributed by atoms with E-state index in [9.17, 15) is 22.4 Å². The Morgan fingerprint density at radius 3 is 2.29 bits per heavy atom. The summed E-state index contributed by atoms with van der Waals surface area (Å²) in [7, 11) is -2.33. The number of ether oxygens (including phenoxy) is 1. The highest BCUT2D eigenvalue weighted by Crippen LogP contribution is 2.22. The van der Waals surface area contributed by atoms with Crippen LogP contribution in [-0.4, -0.2) is 50.4 Å².